The zero-order chi connectivity index (χ0) is 16.7. The number of halogens is 1. The summed E-state index contributed by atoms with van der Waals surface area (Å²) in [6, 6.07) is 5.69. The van der Waals surface area contributed by atoms with E-state index in [1.807, 2.05) is 20.8 Å². The van der Waals surface area contributed by atoms with Crippen LogP contribution in [0.4, 0.5) is 10.1 Å². The van der Waals surface area contributed by atoms with E-state index in [1.54, 1.807) is 0 Å². The van der Waals surface area contributed by atoms with Crippen molar-refractivity contribution in [1.29, 1.82) is 0 Å². The van der Waals surface area contributed by atoms with Gasteiger partial charge in [-0.2, -0.15) is 4.48 Å². The normalized spacial score (nSPS) is 21.8. The number of methoxy groups -OCH3 is 1. The van der Waals surface area contributed by atoms with Gasteiger partial charge in [-0.15, -0.1) is 4.99 Å². The monoisotopic (exact) mass is 308 g/mol. The number of rotatable bonds is 2. The Labute approximate surface area is 127 Å². The van der Waals surface area contributed by atoms with Crippen LogP contribution in [-0.2, 0) is 9.53 Å². The van der Waals surface area contributed by atoms with Crippen LogP contribution in [0.3, 0.4) is 0 Å². The van der Waals surface area contributed by atoms with Gasteiger partial charge < -0.3 is 15.6 Å². The number of carboxylic acid groups (broad SMARTS) is 1. The minimum atomic E-state index is -1.20. The number of ether oxygens (including phenoxy) is 1. The summed E-state index contributed by atoms with van der Waals surface area (Å²) in [5, 5.41) is 9.66. The molecule has 118 valence electrons. The summed E-state index contributed by atoms with van der Waals surface area (Å²) in [5.74, 6) is -1.74. The summed E-state index contributed by atoms with van der Waals surface area (Å²) in [6.07, 6.45) is 0. The molecule has 0 spiro atoms. The number of carboxylic acids is 1. The quantitative estimate of drug-likeness (QED) is 0.820. The minimum absolute atomic E-state index is 0.115. The summed E-state index contributed by atoms with van der Waals surface area (Å²) in [7, 11) is 1.40. The molecule has 1 aliphatic heterocycles. The van der Waals surface area contributed by atoms with E-state index < -0.39 is 17.3 Å². The van der Waals surface area contributed by atoms with Crippen molar-refractivity contribution in [3.63, 3.8) is 0 Å². The number of amidine groups is 1. The first-order chi connectivity index (χ1) is 10.2. The van der Waals surface area contributed by atoms with Crippen LogP contribution in [0.5, 0.6) is 0 Å². The van der Waals surface area contributed by atoms with E-state index in [0.29, 0.717) is 5.69 Å². The second-order valence-corrected chi connectivity index (χ2v) is 5.96. The van der Waals surface area contributed by atoms with Crippen molar-refractivity contribution >= 4 is 17.7 Å². The van der Waals surface area contributed by atoms with Gasteiger partial charge in [-0.25, -0.2) is 9.18 Å². The van der Waals surface area contributed by atoms with E-state index in [9.17, 15) is 14.3 Å². The van der Waals surface area contributed by atoms with E-state index in [4.69, 9.17) is 10.5 Å². The molecular formula is C15H19FN3O3+. The number of hydrogen-bond donors (Lipinski definition) is 2. The molecule has 0 aliphatic carbocycles. The summed E-state index contributed by atoms with van der Waals surface area (Å²) in [5.41, 5.74) is 5.54. The highest BCUT2D eigenvalue weighted by molar-refractivity contribution is 6.05. The molecule has 7 heteroatoms. The lowest BCUT2D eigenvalue weighted by molar-refractivity contribution is -0.134. The van der Waals surface area contributed by atoms with Gasteiger partial charge in [0.1, 0.15) is 17.0 Å². The van der Waals surface area contributed by atoms with Gasteiger partial charge in [-0.3, -0.25) is 0 Å². The van der Waals surface area contributed by atoms with E-state index in [1.165, 1.54) is 31.4 Å². The predicted octanol–water partition coefficient (Wildman–Crippen LogP) is 2.16. The highest BCUT2D eigenvalue weighted by Crippen LogP contribution is 2.43. The molecule has 0 radical (unpaired) electrons. The Hall–Kier alpha value is -2.41. The van der Waals surface area contributed by atoms with Crippen molar-refractivity contribution in [3.8, 4) is 0 Å². The summed E-state index contributed by atoms with van der Waals surface area (Å²) in [4.78, 5) is 15.9. The molecule has 1 aliphatic rings. The Bertz CT molecular complexity index is 674. The Morgan fingerprint density at radius 1 is 1.32 bits per heavy atom. The molecule has 1 unspecified atom stereocenters. The van der Waals surface area contributed by atoms with Crippen LogP contribution in [0.2, 0.25) is 0 Å². The Morgan fingerprint density at radius 2 is 1.86 bits per heavy atom. The second-order valence-electron chi connectivity index (χ2n) is 5.96. The molecule has 0 aromatic heterocycles. The standard InChI is InChI=1S/C15H18FN3O3/c1-15(2,3)19(10-7-5-9(16)6-8-10)11(13(20)21)12(17)18-14(19)22-4/h5-8H,17H2,1-4H3/p+1. The third-order valence-corrected chi connectivity index (χ3v) is 3.69. The third kappa shape index (κ3) is 2.05. The summed E-state index contributed by atoms with van der Waals surface area (Å²) < 4.78 is 18.3. The first-order valence-corrected chi connectivity index (χ1v) is 6.68. The fourth-order valence-electron chi connectivity index (χ4n) is 2.85. The topological polar surface area (TPSA) is 84.9 Å². The van der Waals surface area contributed by atoms with Gasteiger partial charge in [0.25, 0.3) is 5.70 Å². The molecule has 3 N–H and O–H groups in total. The molecule has 1 atom stereocenters. The molecule has 2 rings (SSSR count). The predicted molar refractivity (Wildman–Crippen MR) is 81.2 cm³/mol. The number of quaternary nitrogens is 1. The second kappa shape index (κ2) is 5.10. The van der Waals surface area contributed by atoms with E-state index >= 15 is 0 Å². The van der Waals surface area contributed by atoms with Gasteiger partial charge in [0.05, 0.1) is 7.11 Å². The molecule has 0 saturated carbocycles. The van der Waals surface area contributed by atoms with Crippen molar-refractivity contribution < 1.29 is 19.0 Å². The van der Waals surface area contributed by atoms with Crippen molar-refractivity contribution in [3.05, 3.63) is 41.6 Å². The molecule has 0 saturated heterocycles. The van der Waals surface area contributed by atoms with Crippen molar-refractivity contribution in [1.82, 2.24) is 4.48 Å². The van der Waals surface area contributed by atoms with Crippen LogP contribution in [0.1, 0.15) is 20.8 Å². The maximum atomic E-state index is 13.3. The Morgan fingerprint density at radius 3 is 2.27 bits per heavy atom. The summed E-state index contributed by atoms with van der Waals surface area (Å²) in [6.45, 7) is 5.52. The van der Waals surface area contributed by atoms with Crippen LogP contribution in [0, 0.1) is 5.82 Å². The maximum Gasteiger partial charge on any atom is 0.411 e. The lowest BCUT2D eigenvalue weighted by Crippen LogP contribution is -2.64. The van der Waals surface area contributed by atoms with E-state index in [0.717, 1.165) is 0 Å². The van der Waals surface area contributed by atoms with Gasteiger partial charge in [0.2, 0.25) is 5.82 Å². The molecule has 1 aromatic rings. The number of benzene rings is 1. The molecule has 6 nitrogen and oxygen atoms in total. The van der Waals surface area contributed by atoms with Crippen LogP contribution >= 0.6 is 0 Å². The summed E-state index contributed by atoms with van der Waals surface area (Å²) >= 11 is 0. The Balaban J connectivity index is 2.86. The molecule has 22 heavy (non-hydrogen) atoms. The fraction of sp³-hybridized carbons (Fsp3) is 0.333. The van der Waals surface area contributed by atoms with Gasteiger partial charge >= 0.3 is 12.0 Å². The van der Waals surface area contributed by atoms with Gasteiger partial charge in [-0.05, 0) is 32.9 Å². The highest BCUT2D eigenvalue weighted by atomic mass is 19.1. The number of nitrogens with zero attached hydrogens (tertiary/aromatic N) is 2. The van der Waals surface area contributed by atoms with E-state index in [-0.39, 0.29) is 22.0 Å². The lowest BCUT2D eigenvalue weighted by atomic mass is 9.98. The number of nitrogens with two attached hydrogens (primary N) is 1. The first kappa shape index (κ1) is 16.0. The number of carbonyl (C=O) groups is 1. The van der Waals surface area contributed by atoms with Crippen LogP contribution in [-0.4, -0.2) is 29.7 Å². The largest absolute Gasteiger partial charge is 0.474 e. The number of hydrogen-bond acceptors (Lipinski definition) is 4. The molecule has 0 amide bonds. The molecule has 0 bridgehead atoms. The SMILES string of the molecule is COC1=NC(N)=C(C(=O)O)[N+]1(c1ccc(F)cc1)C(C)(C)C. The number of aliphatic carboxylic acids is 1. The molecular weight excluding hydrogens is 289 g/mol. The molecule has 0 fully saturated rings. The number of aliphatic imine (C=N–C) groups is 1. The van der Waals surface area contributed by atoms with Crippen LogP contribution < -0.4 is 10.2 Å². The average Bonchev–Trinajstić information content (AvgIpc) is 2.72. The van der Waals surface area contributed by atoms with Gasteiger partial charge in [-0.1, -0.05) is 0 Å². The van der Waals surface area contributed by atoms with Crippen molar-refractivity contribution in [2.45, 2.75) is 26.3 Å². The van der Waals surface area contributed by atoms with Gasteiger partial charge in [0.15, 0.2) is 0 Å². The smallest absolute Gasteiger partial charge is 0.411 e. The average molecular weight is 308 g/mol. The molecule has 1 aromatic carbocycles. The van der Waals surface area contributed by atoms with Crippen LogP contribution in [0.25, 0.3) is 0 Å². The first-order valence-electron chi connectivity index (χ1n) is 6.68. The highest BCUT2D eigenvalue weighted by Gasteiger charge is 2.60. The van der Waals surface area contributed by atoms with Crippen molar-refractivity contribution in [2.75, 3.05) is 7.11 Å². The zero-order valence-electron chi connectivity index (χ0n) is 12.9. The maximum absolute atomic E-state index is 13.3. The minimum Gasteiger partial charge on any atom is -0.474 e. The van der Waals surface area contributed by atoms with E-state index in [2.05, 4.69) is 4.99 Å². The Kier molecular flexibility index (Phi) is 3.70. The molecule has 1 heterocycles. The van der Waals surface area contributed by atoms with Crippen molar-refractivity contribution in [2.24, 2.45) is 10.7 Å². The van der Waals surface area contributed by atoms with Gasteiger partial charge in [0, 0.05) is 12.1 Å². The zero-order valence-corrected chi connectivity index (χ0v) is 12.9. The fourth-order valence-corrected chi connectivity index (χ4v) is 2.85. The third-order valence-electron chi connectivity index (χ3n) is 3.69. The van der Waals surface area contributed by atoms with Crippen LogP contribution in [0.15, 0.2) is 40.8 Å². The lowest BCUT2D eigenvalue weighted by Gasteiger charge is -2.43.